The summed E-state index contributed by atoms with van der Waals surface area (Å²) in [5.41, 5.74) is -0.0753. The van der Waals surface area contributed by atoms with Crippen LogP contribution in [0, 0.1) is 5.41 Å². The first kappa shape index (κ1) is 9.71. The Kier molecular flexibility index (Phi) is 2.78. The van der Waals surface area contributed by atoms with E-state index in [4.69, 9.17) is 4.74 Å². The van der Waals surface area contributed by atoms with Crippen LogP contribution in [0.2, 0.25) is 0 Å². The van der Waals surface area contributed by atoms with Gasteiger partial charge in [0.15, 0.2) is 0 Å². The molecule has 2 saturated heterocycles. The Morgan fingerprint density at radius 3 is 2.77 bits per heavy atom. The summed E-state index contributed by atoms with van der Waals surface area (Å²) in [6.07, 6.45) is 2.83. The van der Waals surface area contributed by atoms with Gasteiger partial charge in [0.2, 0.25) is 5.91 Å². The minimum absolute atomic E-state index is 0.0753. The molecule has 1 N–H and O–H groups in total. The molecule has 13 heavy (non-hydrogen) atoms. The normalized spacial score (nSPS) is 32.1. The maximum atomic E-state index is 11.8. The summed E-state index contributed by atoms with van der Waals surface area (Å²) in [6.45, 7) is 1.50. The molecule has 4 heteroatoms. The average Bonchev–Trinajstić information content (AvgIpc) is 2.45. The highest BCUT2D eigenvalue weighted by molar-refractivity contribution is 14.1. The molecule has 0 bridgehead atoms. The molecule has 1 unspecified atom stereocenters. The highest BCUT2D eigenvalue weighted by Crippen LogP contribution is 2.39. The second-order valence-electron chi connectivity index (χ2n) is 3.92. The Bertz CT molecular complexity index is 214. The quantitative estimate of drug-likeness (QED) is 0.581. The van der Waals surface area contributed by atoms with Gasteiger partial charge < -0.3 is 10.1 Å². The molecule has 1 amide bonds. The lowest BCUT2D eigenvalue weighted by atomic mass is 9.78. The first-order chi connectivity index (χ1) is 6.27. The Morgan fingerprint density at radius 2 is 2.23 bits per heavy atom. The second kappa shape index (κ2) is 3.73. The summed E-state index contributed by atoms with van der Waals surface area (Å²) in [5.74, 6) is 0.262. The van der Waals surface area contributed by atoms with Crippen LogP contribution in [0.3, 0.4) is 0 Å². The molecule has 1 atom stereocenters. The van der Waals surface area contributed by atoms with Crippen LogP contribution in [0.15, 0.2) is 0 Å². The van der Waals surface area contributed by atoms with Gasteiger partial charge in [-0.2, -0.15) is 0 Å². The van der Waals surface area contributed by atoms with Crippen LogP contribution in [-0.4, -0.2) is 29.6 Å². The van der Waals surface area contributed by atoms with E-state index < -0.39 is 0 Å². The van der Waals surface area contributed by atoms with Crippen molar-refractivity contribution in [3.8, 4) is 0 Å². The number of carbonyl (C=O) groups excluding carboxylic acids is 1. The highest BCUT2D eigenvalue weighted by Gasteiger charge is 2.46. The monoisotopic (exact) mass is 295 g/mol. The van der Waals surface area contributed by atoms with Crippen molar-refractivity contribution in [2.45, 2.75) is 25.3 Å². The minimum atomic E-state index is -0.0753. The van der Waals surface area contributed by atoms with E-state index in [0.29, 0.717) is 6.04 Å². The summed E-state index contributed by atoms with van der Waals surface area (Å²) in [4.78, 5) is 11.8. The SMILES string of the molecule is O=C1NC(CI)CC12CCOCC2. The number of ether oxygens (including phenoxy) is 1. The van der Waals surface area contributed by atoms with Gasteiger partial charge in [0.1, 0.15) is 0 Å². The summed E-state index contributed by atoms with van der Waals surface area (Å²) >= 11 is 2.33. The lowest BCUT2D eigenvalue weighted by Gasteiger charge is -2.30. The van der Waals surface area contributed by atoms with E-state index in [1.54, 1.807) is 0 Å². The number of amides is 1. The topological polar surface area (TPSA) is 38.3 Å². The minimum Gasteiger partial charge on any atom is -0.381 e. The van der Waals surface area contributed by atoms with E-state index in [0.717, 1.165) is 36.9 Å². The van der Waals surface area contributed by atoms with Crippen molar-refractivity contribution in [1.29, 1.82) is 0 Å². The van der Waals surface area contributed by atoms with E-state index >= 15 is 0 Å². The molecule has 2 aliphatic heterocycles. The van der Waals surface area contributed by atoms with Crippen LogP contribution in [0.1, 0.15) is 19.3 Å². The maximum absolute atomic E-state index is 11.8. The van der Waals surface area contributed by atoms with Gasteiger partial charge >= 0.3 is 0 Å². The van der Waals surface area contributed by atoms with Gasteiger partial charge in [-0.1, -0.05) is 22.6 Å². The Balaban J connectivity index is 2.08. The molecule has 1 spiro atoms. The van der Waals surface area contributed by atoms with Crippen molar-refractivity contribution >= 4 is 28.5 Å². The van der Waals surface area contributed by atoms with Crippen LogP contribution in [0.4, 0.5) is 0 Å². The van der Waals surface area contributed by atoms with Crippen LogP contribution in [-0.2, 0) is 9.53 Å². The summed E-state index contributed by atoms with van der Waals surface area (Å²) in [6, 6.07) is 0.395. The van der Waals surface area contributed by atoms with E-state index in [9.17, 15) is 4.79 Å². The van der Waals surface area contributed by atoms with Gasteiger partial charge in [0.25, 0.3) is 0 Å². The standard InChI is InChI=1S/C9H14INO2/c10-6-7-5-9(8(12)11-7)1-3-13-4-2-9/h7H,1-6H2,(H,11,12). The zero-order valence-electron chi connectivity index (χ0n) is 7.51. The predicted octanol–water partition coefficient (Wildman–Crippen LogP) is 1.11. The van der Waals surface area contributed by atoms with Gasteiger partial charge in [-0.3, -0.25) is 4.79 Å². The molecular formula is C9H14INO2. The second-order valence-corrected chi connectivity index (χ2v) is 4.80. The summed E-state index contributed by atoms with van der Waals surface area (Å²) in [7, 11) is 0. The lowest BCUT2D eigenvalue weighted by molar-refractivity contribution is -0.132. The summed E-state index contributed by atoms with van der Waals surface area (Å²) in [5, 5.41) is 3.06. The van der Waals surface area contributed by atoms with Crippen molar-refractivity contribution in [1.82, 2.24) is 5.32 Å². The molecule has 0 radical (unpaired) electrons. The molecule has 0 aromatic carbocycles. The van der Waals surface area contributed by atoms with E-state index in [1.807, 2.05) is 0 Å². The first-order valence-corrected chi connectivity index (χ1v) is 6.24. The number of alkyl halides is 1. The largest absolute Gasteiger partial charge is 0.381 e. The van der Waals surface area contributed by atoms with E-state index in [2.05, 4.69) is 27.9 Å². The van der Waals surface area contributed by atoms with Gasteiger partial charge in [0, 0.05) is 23.7 Å². The summed E-state index contributed by atoms with van der Waals surface area (Å²) < 4.78 is 6.31. The van der Waals surface area contributed by atoms with Gasteiger partial charge in [-0.05, 0) is 19.3 Å². The van der Waals surface area contributed by atoms with Crippen molar-refractivity contribution in [2.24, 2.45) is 5.41 Å². The first-order valence-electron chi connectivity index (χ1n) is 4.71. The Morgan fingerprint density at radius 1 is 1.54 bits per heavy atom. The van der Waals surface area contributed by atoms with Crippen LogP contribution < -0.4 is 5.32 Å². The number of hydrogen-bond donors (Lipinski definition) is 1. The maximum Gasteiger partial charge on any atom is 0.226 e. The lowest BCUT2D eigenvalue weighted by Crippen LogP contribution is -2.36. The average molecular weight is 295 g/mol. The van der Waals surface area contributed by atoms with Gasteiger partial charge in [0.05, 0.1) is 5.41 Å². The molecule has 0 aliphatic carbocycles. The number of halogens is 1. The third kappa shape index (κ3) is 1.70. The van der Waals surface area contributed by atoms with Crippen molar-refractivity contribution in [2.75, 3.05) is 17.6 Å². The molecular weight excluding hydrogens is 281 g/mol. The highest BCUT2D eigenvalue weighted by atomic mass is 127. The number of hydrogen-bond acceptors (Lipinski definition) is 2. The molecule has 2 heterocycles. The van der Waals surface area contributed by atoms with Crippen LogP contribution in [0.25, 0.3) is 0 Å². The molecule has 0 aromatic rings. The van der Waals surface area contributed by atoms with Crippen LogP contribution >= 0.6 is 22.6 Å². The molecule has 74 valence electrons. The van der Waals surface area contributed by atoms with Gasteiger partial charge in [-0.15, -0.1) is 0 Å². The van der Waals surface area contributed by atoms with Gasteiger partial charge in [-0.25, -0.2) is 0 Å². The van der Waals surface area contributed by atoms with E-state index in [-0.39, 0.29) is 11.3 Å². The number of rotatable bonds is 1. The molecule has 2 rings (SSSR count). The molecule has 3 nitrogen and oxygen atoms in total. The van der Waals surface area contributed by atoms with E-state index in [1.165, 1.54) is 0 Å². The van der Waals surface area contributed by atoms with Crippen LogP contribution in [0.5, 0.6) is 0 Å². The van der Waals surface area contributed by atoms with Crippen molar-refractivity contribution < 1.29 is 9.53 Å². The number of nitrogens with one attached hydrogen (secondary N) is 1. The Hall–Kier alpha value is 0.160. The predicted molar refractivity (Wildman–Crippen MR) is 57.9 cm³/mol. The fourth-order valence-corrected chi connectivity index (χ4v) is 2.77. The fourth-order valence-electron chi connectivity index (χ4n) is 2.24. The Labute approximate surface area is 91.7 Å². The molecule has 0 aromatic heterocycles. The number of carbonyl (C=O) groups is 1. The van der Waals surface area contributed by atoms with Crippen molar-refractivity contribution in [3.63, 3.8) is 0 Å². The van der Waals surface area contributed by atoms with Crippen molar-refractivity contribution in [3.05, 3.63) is 0 Å². The molecule has 0 saturated carbocycles. The molecule has 2 aliphatic rings. The zero-order chi connectivity index (χ0) is 9.31. The zero-order valence-corrected chi connectivity index (χ0v) is 9.67. The third-order valence-electron chi connectivity index (χ3n) is 3.09. The molecule has 2 fully saturated rings. The third-order valence-corrected chi connectivity index (χ3v) is 4.15. The fraction of sp³-hybridized carbons (Fsp3) is 0.889. The smallest absolute Gasteiger partial charge is 0.226 e.